The fourth-order valence-electron chi connectivity index (χ4n) is 1.56. The number of thiophene rings is 1. The summed E-state index contributed by atoms with van der Waals surface area (Å²) in [6.45, 7) is 8.35. The number of hydrogen-bond acceptors (Lipinski definition) is 3. The molecule has 0 saturated carbocycles. The molecule has 1 aliphatic rings. The molecule has 4 heteroatoms. The molecule has 0 amide bonds. The van der Waals surface area contributed by atoms with Crippen LogP contribution < -0.4 is 5.32 Å². The van der Waals surface area contributed by atoms with E-state index in [1.54, 1.807) is 11.3 Å². The lowest BCUT2D eigenvalue weighted by Gasteiger charge is -2.42. The van der Waals surface area contributed by atoms with E-state index in [0.717, 1.165) is 13.2 Å². The minimum Gasteiger partial charge on any atom is -0.355 e. The molecule has 1 unspecified atom stereocenters. The van der Waals surface area contributed by atoms with Gasteiger partial charge in [-0.25, -0.2) is 0 Å². The normalized spacial score (nSPS) is 29.5. The largest absolute Gasteiger partial charge is 0.355 e. The van der Waals surface area contributed by atoms with Crippen molar-refractivity contribution >= 4 is 23.7 Å². The molecule has 1 aliphatic heterocycles. The van der Waals surface area contributed by atoms with Gasteiger partial charge in [0.15, 0.2) is 5.72 Å². The molecule has 1 fully saturated rings. The Morgan fingerprint density at radius 3 is 2.60 bits per heavy atom. The number of halogens is 1. The summed E-state index contributed by atoms with van der Waals surface area (Å²) < 4.78 is 5.92. The second-order valence-corrected chi connectivity index (χ2v) is 5.76. The third kappa shape index (κ3) is 2.72. The van der Waals surface area contributed by atoms with Crippen molar-refractivity contribution in [3.8, 4) is 0 Å². The number of rotatable bonds is 1. The Labute approximate surface area is 101 Å². The van der Waals surface area contributed by atoms with Gasteiger partial charge < -0.3 is 4.74 Å². The summed E-state index contributed by atoms with van der Waals surface area (Å²) in [6, 6.07) is 4.19. The topological polar surface area (TPSA) is 21.3 Å². The summed E-state index contributed by atoms with van der Waals surface area (Å²) in [4.78, 5) is 1.26. The van der Waals surface area contributed by atoms with Crippen LogP contribution >= 0.6 is 23.7 Å². The van der Waals surface area contributed by atoms with E-state index in [9.17, 15) is 0 Å². The Morgan fingerprint density at radius 1 is 1.40 bits per heavy atom. The van der Waals surface area contributed by atoms with Gasteiger partial charge in [0.2, 0.25) is 0 Å². The zero-order valence-electron chi connectivity index (χ0n) is 9.37. The van der Waals surface area contributed by atoms with Crippen molar-refractivity contribution in [3.63, 3.8) is 0 Å². The molecule has 0 bridgehead atoms. The van der Waals surface area contributed by atoms with E-state index < -0.39 is 0 Å². The Balaban J connectivity index is 0.00000112. The Morgan fingerprint density at radius 2 is 2.13 bits per heavy atom. The predicted octanol–water partition coefficient (Wildman–Crippen LogP) is 2.99. The second kappa shape index (κ2) is 4.42. The van der Waals surface area contributed by atoms with Crippen LogP contribution in [-0.4, -0.2) is 13.2 Å². The Kier molecular flexibility index (Phi) is 3.82. The summed E-state index contributed by atoms with van der Waals surface area (Å²) in [5, 5.41) is 5.57. The van der Waals surface area contributed by atoms with Crippen molar-refractivity contribution in [1.29, 1.82) is 0 Å². The SMILES string of the molecule is CC1(C)CNC(C)(c2cccs2)OC1.Cl. The summed E-state index contributed by atoms with van der Waals surface area (Å²) in [5.74, 6) is 0. The molecule has 0 radical (unpaired) electrons. The molecule has 2 rings (SSSR count). The zero-order valence-corrected chi connectivity index (χ0v) is 11.0. The molecule has 15 heavy (non-hydrogen) atoms. The third-order valence-corrected chi connectivity index (χ3v) is 3.72. The lowest BCUT2D eigenvalue weighted by Crippen LogP contribution is -2.53. The van der Waals surface area contributed by atoms with Crippen LogP contribution in [0.15, 0.2) is 17.5 Å². The fraction of sp³-hybridized carbons (Fsp3) is 0.636. The van der Waals surface area contributed by atoms with Gasteiger partial charge in [-0.2, -0.15) is 0 Å². The van der Waals surface area contributed by atoms with Crippen molar-refractivity contribution in [2.24, 2.45) is 5.41 Å². The summed E-state index contributed by atoms with van der Waals surface area (Å²) >= 11 is 1.74. The van der Waals surface area contributed by atoms with Crippen LogP contribution in [0.4, 0.5) is 0 Å². The molecular formula is C11H18ClNOS. The van der Waals surface area contributed by atoms with Crippen molar-refractivity contribution < 1.29 is 4.74 Å². The van der Waals surface area contributed by atoms with Gasteiger partial charge in [-0.3, -0.25) is 5.32 Å². The monoisotopic (exact) mass is 247 g/mol. The van der Waals surface area contributed by atoms with Crippen LogP contribution in [0.2, 0.25) is 0 Å². The molecule has 2 heterocycles. The summed E-state index contributed by atoms with van der Waals surface area (Å²) in [5.41, 5.74) is -0.0273. The minimum absolute atomic E-state index is 0. The molecule has 1 N–H and O–H groups in total. The van der Waals surface area contributed by atoms with E-state index in [-0.39, 0.29) is 23.5 Å². The van der Waals surface area contributed by atoms with Gasteiger partial charge in [-0.15, -0.1) is 23.7 Å². The van der Waals surface area contributed by atoms with Gasteiger partial charge in [0.25, 0.3) is 0 Å². The minimum atomic E-state index is -0.274. The van der Waals surface area contributed by atoms with E-state index in [1.165, 1.54) is 4.88 Å². The third-order valence-electron chi connectivity index (χ3n) is 2.65. The molecule has 1 atom stereocenters. The van der Waals surface area contributed by atoms with E-state index in [4.69, 9.17) is 4.74 Å². The summed E-state index contributed by atoms with van der Waals surface area (Å²) in [6.07, 6.45) is 0. The van der Waals surface area contributed by atoms with Gasteiger partial charge in [-0.05, 0) is 18.4 Å². The Hall–Kier alpha value is -0.0900. The van der Waals surface area contributed by atoms with Crippen LogP contribution in [0.3, 0.4) is 0 Å². The van der Waals surface area contributed by atoms with Crippen LogP contribution in [0, 0.1) is 5.41 Å². The maximum atomic E-state index is 5.92. The first-order chi connectivity index (χ1) is 6.52. The van der Waals surface area contributed by atoms with E-state index in [0.29, 0.717) is 0 Å². The fourth-order valence-corrected chi connectivity index (χ4v) is 2.37. The van der Waals surface area contributed by atoms with Crippen molar-refractivity contribution in [2.75, 3.05) is 13.2 Å². The van der Waals surface area contributed by atoms with Gasteiger partial charge in [0.05, 0.1) is 11.5 Å². The van der Waals surface area contributed by atoms with Gasteiger partial charge >= 0.3 is 0 Å². The molecule has 2 nitrogen and oxygen atoms in total. The molecule has 0 spiro atoms. The lowest BCUT2D eigenvalue weighted by atomic mass is 9.92. The van der Waals surface area contributed by atoms with E-state index in [1.807, 2.05) is 0 Å². The first kappa shape index (κ1) is 13.0. The molecule has 0 aliphatic carbocycles. The van der Waals surface area contributed by atoms with Crippen LogP contribution in [-0.2, 0) is 10.5 Å². The highest BCUT2D eigenvalue weighted by molar-refractivity contribution is 7.10. The van der Waals surface area contributed by atoms with Crippen molar-refractivity contribution in [3.05, 3.63) is 22.4 Å². The van der Waals surface area contributed by atoms with Gasteiger partial charge in [0, 0.05) is 12.0 Å². The molecule has 86 valence electrons. The summed E-state index contributed by atoms with van der Waals surface area (Å²) in [7, 11) is 0. The quantitative estimate of drug-likeness (QED) is 0.824. The molecular weight excluding hydrogens is 230 g/mol. The smallest absolute Gasteiger partial charge is 0.151 e. The van der Waals surface area contributed by atoms with Crippen LogP contribution in [0.25, 0.3) is 0 Å². The average Bonchev–Trinajstić information content (AvgIpc) is 2.64. The highest BCUT2D eigenvalue weighted by Gasteiger charge is 2.37. The van der Waals surface area contributed by atoms with Crippen molar-refractivity contribution in [2.45, 2.75) is 26.5 Å². The second-order valence-electron chi connectivity index (χ2n) is 4.82. The van der Waals surface area contributed by atoms with Gasteiger partial charge in [-0.1, -0.05) is 19.9 Å². The van der Waals surface area contributed by atoms with Gasteiger partial charge in [0.1, 0.15) is 0 Å². The maximum absolute atomic E-state index is 5.92. The first-order valence-corrected chi connectivity index (χ1v) is 5.83. The van der Waals surface area contributed by atoms with Crippen LogP contribution in [0.1, 0.15) is 25.6 Å². The molecule has 1 aromatic rings. The van der Waals surface area contributed by atoms with Crippen LogP contribution in [0.5, 0.6) is 0 Å². The maximum Gasteiger partial charge on any atom is 0.151 e. The number of hydrogen-bond donors (Lipinski definition) is 1. The highest BCUT2D eigenvalue weighted by Crippen LogP contribution is 2.33. The Bertz CT molecular complexity index is 300. The lowest BCUT2D eigenvalue weighted by molar-refractivity contribution is -0.129. The molecule has 0 aromatic carbocycles. The zero-order chi connectivity index (χ0) is 10.2. The molecule has 1 saturated heterocycles. The van der Waals surface area contributed by atoms with E-state index >= 15 is 0 Å². The first-order valence-electron chi connectivity index (χ1n) is 4.95. The standard InChI is InChI=1S/C11H17NOS.ClH/c1-10(2)7-12-11(3,13-8-10)9-5-4-6-14-9;/h4-6,12H,7-8H2,1-3H3;1H. The van der Waals surface area contributed by atoms with E-state index in [2.05, 4.69) is 43.6 Å². The number of nitrogens with one attached hydrogen (secondary N) is 1. The molecule has 1 aromatic heterocycles. The number of ether oxygens (including phenoxy) is 1. The highest BCUT2D eigenvalue weighted by atomic mass is 35.5. The predicted molar refractivity (Wildman–Crippen MR) is 66.7 cm³/mol. The van der Waals surface area contributed by atoms with Crippen molar-refractivity contribution in [1.82, 2.24) is 5.32 Å². The average molecular weight is 248 g/mol.